The molecule has 3 heteroatoms. The average Bonchev–Trinajstić information content (AvgIpc) is 2.03. The minimum Gasteiger partial charge on any atom is -0.372 e. The summed E-state index contributed by atoms with van der Waals surface area (Å²) >= 11 is 0. The van der Waals surface area contributed by atoms with E-state index in [1.54, 1.807) is 13.0 Å². The lowest BCUT2D eigenvalue weighted by molar-refractivity contribution is -0.130. The van der Waals surface area contributed by atoms with E-state index in [1.165, 1.54) is 7.11 Å². The van der Waals surface area contributed by atoms with E-state index in [9.17, 15) is 4.79 Å². The van der Waals surface area contributed by atoms with Crippen molar-refractivity contribution in [3.05, 3.63) is 12.7 Å². The van der Waals surface area contributed by atoms with Crippen molar-refractivity contribution in [3.63, 3.8) is 0 Å². The Bertz CT molecular complexity index is 157. The Morgan fingerprint density at radius 3 is 2.67 bits per heavy atom. The monoisotopic (exact) mass is 171 g/mol. The number of nitrogens with one attached hydrogen (secondary N) is 1. The summed E-state index contributed by atoms with van der Waals surface area (Å²) in [6, 6.07) is 0.132. The van der Waals surface area contributed by atoms with Crippen molar-refractivity contribution in [2.24, 2.45) is 0 Å². The lowest BCUT2D eigenvalue weighted by Gasteiger charge is -2.14. The molecule has 2 unspecified atom stereocenters. The Balaban J connectivity index is 3.75. The van der Waals surface area contributed by atoms with Gasteiger partial charge in [0.2, 0.25) is 5.91 Å². The van der Waals surface area contributed by atoms with Crippen LogP contribution in [0, 0.1) is 0 Å². The molecule has 0 rings (SSSR count). The van der Waals surface area contributed by atoms with Crippen molar-refractivity contribution in [3.8, 4) is 0 Å². The molecule has 0 aliphatic heterocycles. The highest BCUT2D eigenvalue weighted by Gasteiger charge is 2.12. The van der Waals surface area contributed by atoms with Gasteiger partial charge in [-0.25, -0.2) is 0 Å². The molecule has 0 aromatic carbocycles. The van der Waals surface area contributed by atoms with Crippen LogP contribution in [0.5, 0.6) is 0 Å². The summed E-state index contributed by atoms with van der Waals surface area (Å²) in [4.78, 5) is 11.2. The molecule has 0 radical (unpaired) electrons. The highest BCUT2D eigenvalue weighted by atomic mass is 16.5. The van der Waals surface area contributed by atoms with Gasteiger partial charge in [0.05, 0.1) is 0 Å². The fourth-order valence-corrected chi connectivity index (χ4v) is 0.776. The SMILES string of the molecule is C=CCC(C)NC(=O)C(C)OC. The van der Waals surface area contributed by atoms with Gasteiger partial charge in [-0.1, -0.05) is 6.08 Å². The zero-order valence-corrected chi connectivity index (χ0v) is 7.96. The van der Waals surface area contributed by atoms with Crippen LogP contribution in [-0.2, 0) is 9.53 Å². The van der Waals surface area contributed by atoms with Gasteiger partial charge in [0.1, 0.15) is 6.10 Å². The Morgan fingerprint density at radius 1 is 1.67 bits per heavy atom. The molecule has 2 atom stereocenters. The normalized spacial score (nSPS) is 14.9. The van der Waals surface area contributed by atoms with E-state index in [2.05, 4.69) is 11.9 Å². The summed E-state index contributed by atoms with van der Waals surface area (Å²) in [7, 11) is 1.52. The molecule has 0 saturated carbocycles. The minimum absolute atomic E-state index is 0.0770. The van der Waals surface area contributed by atoms with Gasteiger partial charge in [-0.2, -0.15) is 0 Å². The van der Waals surface area contributed by atoms with Crippen molar-refractivity contribution in [1.82, 2.24) is 5.32 Å². The number of hydrogen-bond acceptors (Lipinski definition) is 2. The van der Waals surface area contributed by atoms with E-state index in [0.29, 0.717) is 0 Å². The summed E-state index contributed by atoms with van der Waals surface area (Å²) in [6.07, 6.45) is 2.18. The number of rotatable bonds is 5. The zero-order valence-electron chi connectivity index (χ0n) is 7.96. The minimum atomic E-state index is -0.378. The fraction of sp³-hybridized carbons (Fsp3) is 0.667. The number of ether oxygens (including phenoxy) is 1. The van der Waals surface area contributed by atoms with Crippen molar-refractivity contribution in [2.45, 2.75) is 32.4 Å². The summed E-state index contributed by atoms with van der Waals surface area (Å²) in [5.41, 5.74) is 0. The fourth-order valence-electron chi connectivity index (χ4n) is 0.776. The molecule has 0 fully saturated rings. The number of amides is 1. The molecule has 0 aromatic heterocycles. The lowest BCUT2D eigenvalue weighted by atomic mass is 10.2. The molecule has 0 spiro atoms. The number of hydrogen-bond donors (Lipinski definition) is 1. The van der Waals surface area contributed by atoms with Crippen LogP contribution in [0.3, 0.4) is 0 Å². The molecule has 0 aliphatic rings. The Hall–Kier alpha value is -0.830. The molecule has 0 bridgehead atoms. The molecule has 0 aliphatic carbocycles. The number of methoxy groups -OCH3 is 1. The highest BCUT2D eigenvalue weighted by Crippen LogP contribution is 1.93. The first-order valence-corrected chi connectivity index (χ1v) is 4.05. The first kappa shape index (κ1) is 11.2. The molecular formula is C9H17NO2. The maximum absolute atomic E-state index is 11.2. The van der Waals surface area contributed by atoms with E-state index in [-0.39, 0.29) is 18.1 Å². The van der Waals surface area contributed by atoms with Crippen molar-refractivity contribution in [2.75, 3.05) is 7.11 Å². The van der Waals surface area contributed by atoms with Crippen LogP contribution in [0.15, 0.2) is 12.7 Å². The van der Waals surface area contributed by atoms with Gasteiger partial charge in [0.15, 0.2) is 0 Å². The predicted molar refractivity (Wildman–Crippen MR) is 48.9 cm³/mol. The Morgan fingerprint density at radius 2 is 2.25 bits per heavy atom. The van der Waals surface area contributed by atoms with E-state index >= 15 is 0 Å². The number of carbonyl (C=O) groups is 1. The first-order valence-electron chi connectivity index (χ1n) is 4.05. The van der Waals surface area contributed by atoms with Crippen LogP contribution >= 0.6 is 0 Å². The van der Waals surface area contributed by atoms with E-state index in [0.717, 1.165) is 6.42 Å². The van der Waals surface area contributed by atoms with E-state index < -0.39 is 0 Å². The topological polar surface area (TPSA) is 38.3 Å². The zero-order chi connectivity index (χ0) is 9.56. The smallest absolute Gasteiger partial charge is 0.249 e. The van der Waals surface area contributed by atoms with E-state index in [4.69, 9.17) is 4.74 Å². The van der Waals surface area contributed by atoms with Crippen molar-refractivity contribution < 1.29 is 9.53 Å². The maximum atomic E-state index is 11.2. The van der Waals surface area contributed by atoms with Crippen LogP contribution in [0.2, 0.25) is 0 Å². The van der Waals surface area contributed by atoms with Gasteiger partial charge in [-0.3, -0.25) is 4.79 Å². The van der Waals surface area contributed by atoms with Crippen LogP contribution in [0.4, 0.5) is 0 Å². The molecule has 0 aromatic rings. The maximum Gasteiger partial charge on any atom is 0.249 e. The lowest BCUT2D eigenvalue weighted by Crippen LogP contribution is -2.39. The van der Waals surface area contributed by atoms with Gasteiger partial charge in [0.25, 0.3) is 0 Å². The quantitative estimate of drug-likeness (QED) is 0.629. The second kappa shape index (κ2) is 5.77. The third-order valence-electron chi connectivity index (χ3n) is 1.63. The Labute approximate surface area is 73.8 Å². The molecule has 0 heterocycles. The second-order valence-corrected chi connectivity index (χ2v) is 2.81. The van der Waals surface area contributed by atoms with Gasteiger partial charge >= 0.3 is 0 Å². The van der Waals surface area contributed by atoms with E-state index in [1.807, 2.05) is 6.92 Å². The molecule has 1 amide bonds. The van der Waals surface area contributed by atoms with Crippen molar-refractivity contribution >= 4 is 5.91 Å². The van der Waals surface area contributed by atoms with Crippen LogP contribution in [0.1, 0.15) is 20.3 Å². The van der Waals surface area contributed by atoms with Gasteiger partial charge in [-0.05, 0) is 20.3 Å². The summed E-state index contributed by atoms with van der Waals surface area (Å²) in [5.74, 6) is -0.0770. The molecular weight excluding hydrogens is 154 g/mol. The highest BCUT2D eigenvalue weighted by molar-refractivity contribution is 5.80. The predicted octanol–water partition coefficient (Wildman–Crippen LogP) is 1.10. The third kappa shape index (κ3) is 4.13. The van der Waals surface area contributed by atoms with Gasteiger partial charge in [0, 0.05) is 13.2 Å². The molecule has 70 valence electrons. The largest absolute Gasteiger partial charge is 0.372 e. The van der Waals surface area contributed by atoms with Gasteiger partial charge < -0.3 is 10.1 Å². The summed E-state index contributed by atoms with van der Waals surface area (Å²) < 4.78 is 4.85. The van der Waals surface area contributed by atoms with Crippen molar-refractivity contribution in [1.29, 1.82) is 0 Å². The van der Waals surface area contributed by atoms with Crippen LogP contribution in [0.25, 0.3) is 0 Å². The van der Waals surface area contributed by atoms with Crippen LogP contribution < -0.4 is 5.32 Å². The van der Waals surface area contributed by atoms with Gasteiger partial charge in [-0.15, -0.1) is 6.58 Å². The average molecular weight is 171 g/mol. The second-order valence-electron chi connectivity index (χ2n) is 2.81. The first-order chi connectivity index (χ1) is 5.61. The summed E-state index contributed by atoms with van der Waals surface area (Å²) in [6.45, 7) is 7.24. The Kier molecular flexibility index (Phi) is 5.37. The summed E-state index contributed by atoms with van der Waals surface area (Å²) in [5, 5.41) is 2.80. The third-order valence-corrected chi connectivity index (χ3v) is 1.63. The molecule has 12 heavy (non-hydrogen) atoms. The van der Waals surface area contributed by atoms with Crippen LogP contribution in [-0.4, -0.2) is 25.2 Å². The standard InChI is InChI=1S/C9H17NO2/c1-5-6-7(2)10-9(11)8(3)12-4/h5,7-8H,1,6H2,2-4H3,(H,10,11). The number of carbonyl (C=O) groups excluding carboxylic acids is 1. The molecule has 1 N–H and O–H groups in total. The molecule has 3 nitrogen and oxygen atoms in total. The molecule has 0 saturated heterocycles.